The molecule has 3 N–H and O–H groups in total. The van der Waals surface area contributed by atoms with Crippen molar-refractivity contribution in [2.45, 2.75) is 31.9 Å². The number of carbonyl (C=O) groups excluding carboxylic acids is 1. The largest absolute Gasteiger partial charge is 0.479 e. The van der Waals surface area contributed by atoms with Crippen molar-refractivity contribution in [2.24, 2.45) is 5.73 Å². The Morgan fingerprint density at radius 3 is 2.07 bits per heavy atom. The van der Waals surface area contributed by atoms with E-state index in [0.717, 1.165) is 0 Å². The molecule has 0 heterocycles. The van der Waals surface area contributed by atoms with Gasteiger partial charge in [-0.25, -0.2) is 9.59 Å². The fraction of sp³-hybridized carbons (Fsp3) is 0.750. The lowest BCUT2D eigenvalue weighted by atomic mass is 10.0. The summed E-state index contributed by atoms with van der Waals surface area (Å²) in [5.41, 5.74) is 2.50. The lowest BCUT2D eigenvalue weighted by Crippen LogP contribution is -2.58. The summed E-state index contributed by atoms with van der Waals surface area (Å²) in [5.74, 6) is -2.73. The highest BCUT2D eigenvalue weighted by Gasteiger charge is 2.44. The first-order chi connectivity index (χ1) is 6.13. The van der Waals surface area contributed by atoms with Gasteiger partial charge < -0.3 is 15.6 Å². The minimum absolute atomic E-state index is 0.308. The third kappa shape index (κ3) is 3.19. The molecule has 0 rings (SSSR count). The number of carboxylic acids is 1. The molecule has 0 amide bonds. The van der Waals surface area contributed by atoms with E-state index in [4.69, 9.17) is 15.6 Å². The summed E-state index contributed by atoms with van der Waals surface area (Å²) in [6.45, 7) is 4.89. The van der Waals surface area contributed by atoms with E-state index in [2.05, 4.69) is 12.6 Å². The monoisotopic (exact) mass is 221 g/mol. The average Bonchev–Trinajstić information content (AvgIpc) is 1.99. The predicted molar refractivity (Wildman–Crippen MR) is 54.3 cm³/mol. The summed E-state index contributed by atoms with van der Waals surface area (Å²) < 4.78 is 4.86. The summed E-state index contributed by atoms with van der Waals surface area (Å²) in [6, 6.07) is 0. The maximum absolute atomic E-state index is 11.4. The number of esters is 1. The Bertz CT molecular complexity index is 248. The molecule has 0 aliphatic rings. The van der Waals surface area contributed by atoms with Crippen LogP contribution in [0, 0.1) is 0 Å². The summed E-state index contributed by atoms with van der Waals surface area (Å²) in [7, 11) is 0. The average molecular weight is 221 g/mol. The van der Waals surface area contributed by atoms with Crippen LogP contribution < -0.4 is 5.73 Å². The number of thiol groups is 1. The SMILES string of the molecule is CC(C)(C)OC(=O)[C@](N)(CS)C(=O)O. The number of carbonyl (C=O) groups is 2. The molecule has 1 atom stereocenters. The van der Waals surface area contributed by atoms with Crippen molar-refractivity contribution >= 4 is 24.6 Å². The number of ether oxygens (including phenoxy) is 1. The summed E-state index contributed by atoms with van der Waals surface area (Å²) >= 11 is 3.72. The first-order valence-corrected chi connectivity index (χ1v) is 4.63. The highest BCUT2D eigenvalue weighted by atomic mass is 32.1. The molecular formula is C8H15NO4S. The van der Waals surface area contributed by atoms with E-state index < -0.39 is 23.1 Å². The van der Waals surface area contributed by atoms with Gasteiger partial charge in [-0.05, 0) is 20.8 Å². The van der Waals surface area contributed by atoms with E-state index in [1.165, 1.54) is 0 Å². The normalized spacial score (nSPS) is 15.8. The van der Waals surface area contributed by atoms with Gasteiger partial charge in [-0.15, -0.1) is 0 Å². The molecule has 0 spiro atoms. The molecular weight excluding hydrogens is 206 g/mol. The van der Waals surface area contributed by atoms with Crippen molar-refractivity contribution in [2.75, 3.05) is 5.75 Å². The molecule has 82 valence electrons. The van der Waals surface area contributed by atoms with Gasteiger partial charge in [0.2, 0.25) is 5.54 Å². The molecule has 0 radical (unpaired) electrons. The molecule has 0 bridgehead atoms. The quantitative estimate of drug-likeness (QED) is 0.356. The highest BCUT2D eigenvalue weighted by molar-refractivity contribution is 7.80. The van der Waals surface area contributed by atoms with Crippen LogP contribution >= 0.6 is 12.6 Å². The smallest absolute Gasteiger partial charge is 0.339 e. The van der Waals surface area contributed by atoms with Crippen LogP contribution in [0.2, 0.25) is 0 Å². The number of nitrogens with two attached hydrogens (primary N) is 1. The summed E-state index contributed by atoms with van der Waals surface area (Å²) in [6.07, 6.45) is 0. The number of hydrogen-bond donors (Lipinski definition) is 3. The second-order valence-corrected chi connectivity index (χ2v) is 4.25. The van der Waals surface area contributed by atoms with Crippen molar-refractivity contribution in [3.63, 3.8) is 0 Å². The first kappa shape index (κ1) is 13.2. The number of aliphatic carboxylic acids is 1. The van der Waals surface area contributed by atoms with E-state index in [0.29, 0.717) is 0 Å². The molecule has 0 aromatic carbocycles. The van der Waals surface area contributed by atoms with Crippen LogP contribution in [0.5, 0.6) is 0 Å². The number of carboxylic acid groups (broad SMARTS) is 1. The van der Waals surface area contributed by atoms with E-state index in [1.807, 2.05) is 0 Å². The lowest BCUT2D eigenvalue weighted by molar-refractivity contribution is -0.167. The zero-order valence-corrected chi connectivity index (χ0v) is 9.30. The van der Waals surface area contributed by atoms with Gasteiger partial charge in [-0.1, -0.05) is 0 Å². The van der Waals surface area contributed by atoms with E-state index >= 15 is 0 Å². The van der Waals surface area contributed by atoms with Crippen molar-refractivity contribution in [3.8, 4) is 0 Å². The predicted octanol–water partition coefficient (Wildman–Crippen LogP) is 0.0400. The molecule has 0 unspecified atom stereocenters. The van der Waals surface area contributed by atoms with Gasteiger partial charge in [0.1, 0.15) is 5.60 Å². The van der Waals surface area contributed by atoms with Crippen LogP contribution in [0.3, 0.4) is 0 Å². The Morgan fingerprint density at radius 1 is 1.43 bits per heavy atom. The van der Waals surface area contributed by atoms with Gasteiger partial charge in [0, 0.05) is 5.75 Å². The van der Waals surface area contributed by atoms with E-state index in [-0.39, 0.29) is 5.75 Å². The second-order valence-electron chi connectivity index (χ2n) is 3.94. The minimum atomic E-state index is -2.07. The lowest BCUT2D eigenvalue weighted by Gasteiger charge is -2.26. The maximum Gasteiger partial charge on any atom is 0.339 e. The Hall–Kier alpha value is -0.750. The Labute approximate surface area is 88.0 Å². The Kier molecular flexibility index (Phi) is 3.96. The Morgan fingerprint density at radius 2 is 1.86 bits per heavy atom. The fourth-order valence-electron chi connectivity index (χ4n) is 0.589. The van der Waals surface area contributed by atoms with Crippen LogP contribution in [-0.2, 0) is 14.3 Å². The van der Waals surface area contributed by atoms with Crippen LogP contribution in [0.15, 0.2) is 0 Å². The third-order valence-electron chi connectivity index (χ3n) is 1.39. The maximum atomic E-state index is 11.4. The molecule has 0 saturated carbocycles. The molecule has 14 heavy (non-hydrogen) atoms. The van der Waals surface area contributed by atoms with Crippen LogP contribution in [0.25, 0.3) is 0 Å². The van der Waals surface area contributed by atoms with Gasteiger partial charge >= 0.3 is 11.9 Å². The van der Waals surface area contributed by atoms with Crippen molar-refractivity contribution < 1.29 is 19.4 Å². The minimum Gasteiger partial charge on any atom is -0.479 e. The van der Waals surface area contributed by atoms with Gasteiger partial charge in [0.15, 0.2) is 0 Å². The van der Waals surface area contributed by atoms with Crippen molar-refractivity contribution in [1.29, 1.82) is 0 Å². The molecule has 0 saturated heterocycles. The van der Waals surface area contributed by atoms with E-state index in [1.54, 1.807) is 20.8 Å². The fourth-order valence-corrected chi connectivity index (χ4v) is 0.853. The zero-order chi connectivity index (χ0) is 11.6. The molecule has 0 aliphatic carbocycles. The van der Waals surface area contributed by atoms with Crippen LogP contribution in [-0.4, -0.2) is 33.9 Å². The second kappa shape index (κ2) is 4.18. The number of hydrogen-bond acceptors (Lipinski definition) is 5. The van der Waals surface area contributed by atoms with Crippen molar-refractivity contribution in [1.82, 2.24) is 0 Å². The Balaban J connectivity index is 4.73. The molecule has 0 aromatic heterocycles. The summed E-state index contributed by atoms with van der Waals surface area (Å²) in [5, 5.41) is 8.73. The molecule has 0 aromatic rings. The summed E-state index contributed by atoms with van der Waals surface area (Å²) in [4.78, 5) is 22.1. The van der Waals surface area contributed by atoms with Gasteiger partial charge in [-0.3, -0.25) is 0 Å². The molecule has 5 nitrogen and oxygen atoms in total. The molecule has 0 fully saturated rings. The number of rotatable bonds is 3. The van der Waals surface area contributed by atoms with Crippen LogP contribution in [0.1, 0.15) is 20.8 Å². The standard InChI is InChI=1S/C8H15NO4S/c1-7(2,3)13-6(12)8(9,4-14)5(10)11/h14H,4,9H2,1-3H3,(H,10,11)/t8-/m0/s1. The zero-order valence-electron chi connectivity index (χ0n) is 8.40. The molecule has 0 aliphatic heterocycles. The topological polar surface area (TPSA) is 89.6 Å². The molecule has 6 heteroatoms. The van der Waals surface area contributed by atoms with Crippen molar-refractivity contribution in [3.05, 3.63) is 0 Å². The van der Waals surface area contributed by atoms with E-state index in [9.17, 15) is 9.59 Å². The highest BCUT2D eigenvalue weighted by Crippen LogP contribution is 2.14. The van der Waals surface area contributed by atoms with Crippen LogP contribution in [0.4, 0.5) is 0 Å². The van der Waals surface area contributed by atoms with Gasteiger partial charge in [0.05, 0.1) is 0 Å². The third-order valence-corrected chi connectivity index (χ3v) is 1.89. The van der Waals surface area contributed by atoms with Gasteiger partial charge in [0.25, 0.3) is 0 Å². The first-order valence-electron chi connectivity index (χ1n) is 4.00. The van der Waals surface area contributed by atoms with Gasteiger partial charge in [-0.2, -0.15) is 12.6 Å².